The fourth-order valence-corrected chi connectivity index (χ4v) is 1.69. The molecule has 1 fully saturated rings. The summed E-state index contributed by atoms with van der Waals surface area (Å²) in [4.78, 5) is 12.7. The Kier molecular flexibility index (Phi) is 3.27. The molecule has 1 aliphatic rings. The van der Waals surface area contributed by atoms with Crippen LogP contribution in [-0.4, -0.2) is 47.3 Å². The van der Waals surface area contributed by atoms with Gasteiger partial charge in [0.1, 0.15) is 6.04 Å². The Hall–Kier alpha value is -0.610. The van der Waals surface area contributed by atoms with Gasteiger partial charge in [-0.15, -0.1) is 0 Å². The molecule has 0 aromatic rings. The van der Waals surface area contributed by atoms with E-state index in [1.807, 2.05) is 18.7 Å². The average Bonchev–Trinajstić information content (AvgIpc) is 2.01. The van der Waals surface area contributed by atoms with Gasteiger partial charge in [-0.25, -0.2) is 0 Å². The summed E-state index contributed by atoms with van der Waals surface area (Å²) in [5.41, 5.74) is 0. The normalized spacial score (nSPS) is 32.8. The monoisotopic (exact) mass is 187 g/mol. The Labute approximate surface area is 78.5 Å². The van der Waals surface area contributed by atoms with E-state index in [-0.39, 0.29) is 12.2 Å². The van der Waals surface area contributed by atoms with Crippen molar-refractivity contribution in [3.8, 4) is 0 Å². The minimum absolute atomic E-state index is 0.130. The van der Waals surface area contributed by atoms with E-state index in [4.69, 9.17) is 9.84 Å². The molecule has 1 heterocycles. The number of ether oxygens (including phenoxy) is 1. The van der Waals surface area contributed by atoms with Gasteiger partial charge in [-0.3, -0.25) is 9.69 Å². The van der Waals surface area contributed by atoms with E-state index < -0.39 is 12.0 Å². The standard InChI is InChI=1S/C9H17NO3/c1-6-4-10(5-7(2)13-6)8(3)9(11)12/h6-8H,4-5H2,1-3H3,(H,11,12)/t6-,7-,8+/m1/s1. The van der Waals surface area contributed by atoms with Crippen LogP contribution in [0.1, 0.15) is 20.8 Å². The predicted molar refractivity (Wildman–Crippen MR) is 48.7 cm³/mol. The number of aliphatic carboxylic acids is 1. The summed E-state index contributed by atoms with van der Waals surface area (Å²) in [6.07, 6.45) is 0.260. The summed E-state index contributed by atoms with van der Waals surface area (Å²) >= 11 is 0. The largest absolute Gasteiger partial charge is 0.480 e. The van der Waals surface area contributed by atoms with Gasteiger partial charge in [0.2, 0.25) is 0 Å². The Morgan fingerprint density at radius 2 is 1.92 bits per heavy atom. The lowest BCUT2D eigenvalue weighted by Gasteiger charge is -2.37. The van der Waals surface area contributed by atoms with Crippen LogP contribution in [0.15, 0.2) is 0 Å². The molecule has 1 aliphatic heterocycles. The maximum atomic E-state index is 10.7. The van der Waals surface area contributed by atoms with Crippen LogP contribution in [0.2, 0.25) is 0 Å². The minimum atomic E-state index is -0.763. The van der Waals surface area contributed by atoms with Crippen LogP contribution in [0.5, 0.6) is 0 Å². The van der Waals surface area contributed by atoms with Gasteiger partial charge in [0.15, 0.2) is 0 Å². The van der Waals surface area contributed by atoms with Crippen molar-refractivity contribution in [2.24, 2.45) is 0 Å². The molecule has 0 amide bonds. The van der Waals surface area contributed by atoms with Crippen LogP contribution in [-0.2, 0) is 9.53 Å². The van der Waals surface area contributed by atoms with Crippen molar-refractivity contribution in [3.05, 3.63) is 0 Å². The first-order valence-electron chi connectivity index (χ1n) is 4.63. The Morgan fingerprint density at radius 3 is 2.31 bits per heavy atom. The lowest BCUT2D eigenvalue weighted by molar-refractivity contribution is -0.147. The molecule has 0 spiro atoms. The first-order valence-corrected chi connectivity index (χ1v) is 4.63. The molecular weight excluding hydrogens is 170 g/mol. The number of nitrogens with zero attached hydrogens (tertiary/aromatic N) is 1. The van der Waals surface area contributed by atoms with Gasteiger partial charge >= 0.3 is 5.97 Å². The summed E-state index contributed by atoms with van der Waals surface area (Å²) in [6.45, 7) is 7.07. The molecule has 0 aromatic heterocycles. The number of rotatable bonds is 2. The number of carbonyl (C=O) groups is 1. The SMILES string of the molecule is C[C@@H]1CN([C@@H](C)C(=O)O)C[C@@H](C)O1. The zero-order valence-corrected chi connectivity index (χ0v) is 8.36. The lowest BCUT2D eigenvalue weighted by Crippen LogP contribution is -2.51. The summed E-state index contributed by atoms with van der Waals surface area (Å²) in [5, 5.41) is 8.82. The van der Waals surface area contributed by atoms with Crippen LogP contribution < -0.4 is 0 Å². The summed E-state index contributed by atoms with van der Waals surface area (Å²) in [7, 11) is 0. The van der Waals surface area contributed by atoms with Gasteiger partial charge < -0.3 is 9.84 Å². The Bertz CT molecular complexity index is 185. The van der Waals surface area contributed by atoms with Gasteiger partial charge in [-0.1, -0.05) is 0 Å². The van der Waals surface area contributed by atoms with E-state index in [0.717, 1.165) is 0 Å². The lowest BCUT2D eigenvalue weighted by atomic mass is 10.2. The number of hydrogen-bond acceptors (Lipinski definition) is 3. The second-order valence-electron chi connectivity index (χ2n) is 3.73. The molecule has 4 nitrogen and oxygen atoms in total. The highest BCUT2D eigenvalue weighted by molar-refractivity contribution is 5.72. The molecule has 0 bridgehead atoms. The van der Waals surface area contributed by atoms with Crippen molar-refractivity contribution in [2.45, 2.75) is 39.0 Å². The van der Waals surface area contributed by atoms with Crippen molar-refractivity contribution in [1.29, 1.82) is 0 Å². The second kappa shape index (κ2) is 4.07. The van der Waals surface area contributed by atoms with Crippen LogP contribution in [0.25, 0.3) is 0 Å². The third kappa shape index (κ3) is 2.67. The molecular formula is C9H17NO3. The van der Waals surface area contributed by atoms with E-state index >= 15 is 0 Å². The zero-order valence-electron chi connectivity index (χ0n) is 8.36. The summed E-state index contributed by atoms with van der Waals surface area (Å²) in [6, 6.07) is -0.409. The Balaban J connectivity index is 2.54. The van der Waals surface area contributed by atoms with Crippen LogP contribution in [0.4, 0.5) is 0 Å². The fraction of sp³-hybridized carbons (Fsp3) is 0.889. The number of morpholine rings is 1. The first kappa shape index (κ1) is 10.5. The molecule has 0 unspecified atom stereocenters. The second-order valence-corrected chi connectivity index (χ2v) is 3.73. The van der Waals surface area contributed by atoms with Crippen molar-refractivity contribution in [1.82, 2.24) is 4.90 Å². The summed E-state index contributed by atoms with van der Waals surface area (Å²) < 4.78 is 5.51. The smallest absolute Gasteiger partial charge is 0.320 e. The number of carboxylic acid groups (broad SMARTS) is 1. The minimum Gasteiger partial charge on any atom is -0.480 e. The van der Waals surface area contributed by atoms with E-state index in [0.29, 0.717) is 13.1 Å². The highest BCUT2D eigenvalue weighted by atomic mass is 16.5. The molecule has 1 N–H and O–H groups in total. The molecule has 0 radical (unpaired) electrons. The van der Waals surface area contributed by atoms with Crippen LogP contribution in [0.3, 0.4) is 0 Å². The van der Waals surface area contributed by atoms with E-state index in [2.05, 4.69) is 0 Å². The highest BCUT2D eigenvalue weighted by Gasteiger charge is 2.28. The molecule has 0 aromatic carbocycles. The quantitative estimate of drug-likeness (QED) is 0.686. The Morgan fingerprint density at radius 1 is 1.46 bits per heavy atom. The topological polar surface area (TPSA) is 49.8 Å². The molecule has 76 valence electrons. The van der Waals surface area contributed by atoms with Gasteiger partial charge in [-0.2, -0.15) is 0 Å². The molecule has 0 aliphatic carbocycles. The molecule has 0 saturated carbocycles. The number of hydrogen-bond donors (Lipinski definition) is 1. The van der Waals surface area contributed by atoms with Gasteiger partial charge in [0, 0.05) is 13.1 Å². The number of carboxylic acids is 1. The predicted octanol–water partition coefficient (Wildman–Crippen LogP) is 0.569. The van der Waals surface area contributed by atoms with Crippen LogP contribution >= 0.6 is 0 Å². The van der Waals surface area contributed by atoms with Crippen molar-refractivity contribution in [2.75, 3.05) is 13.1 Å². The van der Waals surface area contributed by atoms with E-state index in [9.17, 15) is 4.79 Å². The maximum absolute atomic E-state index is 10.7. The highest BCUT2D eigenvalue weighted by Crippen LogP contribution is 2.13. The van der Waals surface area contributed by atoms with E-state index in [1.54, 1.807) is 6.92 Å². The van der Waals surface area contributed by atoms with Crippen molar-refractivity contribution in [3.63, 3.8) is 0 Å². The van der Waals surface area contributed by atoms with Crippen molar-refractivity contribution >= 4 is 5.97 Å². The van der Waals surface area contributed by atoms with E-state index in [1.165, 1.54) is 0 Å². The molecule has 3 atom stereocenters. The first-order chi connectivity index (χ1) is 6.00. The fourth-order valence-electron chi connectivity index (χ4n) is 1.69. The maximum Gasteiger partial charge on any atom is 0.320 e. The van der Waals surface area contributed by atoms with Gasteiger partial charge in [0.25, 0.3) is 0 Å². The molecule has 4 heteroatoms. The molecule has 1 saturated heterocycles. The molecule has 13 heavy (non-hydrogen) atoms. The van der Waals surface area contributed by atoms with Crippen LogP contribution in [0, 0.1) is 0 Å². The van der Waals surface area contributed by atoms with Crippen molar-refractivity contribution < 1.29 is 14.6 Å². The molecule has 1 rings (SSSR count). The average molecular weight is 187 g/mol. The zero-order chi connectivity index (χ0) is 10.0. The third-order valence-electron chi connectivity index (χ3n) is 2.35. The van der Waals surface area contributed by atoms with Gasteiger partial charge in [0.05, 0.1) is 12.2 Å². The van der Waals surface area contributed by atoms with Gasteiger partial charge in [-0.05, 0) is 20.8 Å². The third-order valence-corrected chi connectivity index (χ3v) is 2.35. The summed E-state index contributed by atoms with van der Waals surface area (Å²) in [5.74, 6) is -0.763.